The minimum Gasteiger partial charge on any atom is -0.493 e. The van der Waals surface area contributed by atoms with Crippen molar-refractivity contribution in [3.63, 3.8) is 0 Å². The molecule has 0 aliphatic carbocycles. The number of benzene rings is 3. The topological polar surface area (TPSA) is 43.3 Å². The molecule has 0 N–H and O–H groups in total. The van der Waals surface area contributed by atoms with E-state index in [1.54, 1.807) is 14.2 Å². The minimum absolute atomic E-state index is 0.0921. The van der Waals surface area contributed by atoms with E-state index in [0.717, 1.165) is 39.0 Å². The van der Waals surface area contributed by atoms with Gasteiger partial charge in [0.15, 0.2) is 11.5 Å². The van der Waals surface area contributed by atoms with E-state index in [-0.39, 0.29) is 6.04 Å². The van der Waals surface area contributed by atoms with Crippen molar-refractivity contribution in [3.8, 4) is 17.2 Å². The zero-order chi connectivity index (χ0) is 20.7. The fourth-order valence-corrected chi connectivity index (χ4v) is 4.43. The number of nitrogens with zero attached hydrogens (tertiary/aromatic N) is 2. The van der Waals surface area contributed by atoms with Gasteiger partial charge in [-0.3, -0.25) is 0 Å². The summed E-state index contributed by atoms with van der Waals surface area (Å²) in [5.41, 5.74) is 4.18. The summed E-state index contributed by atoms with van der Waals surface area (Å²) in [7, 11) is 3.29. The SMILES string of the molecule is COc1cccc([C@H]2Oc3ccccc3[C@H]3CC(c4ccc(Br)cc4)=NN32)c1OC. The lowest BCUT2D eigenvalue weighted by atomic mass is 9.96. The fourth-order valence-electron chi connectivity index (χ4n) is 4.16. The van der Waals surface area contributed by atoms with Crippen molar-refractivity contribution in [2.45, 2.75) is 18.7 Å². The zero-order valence-corrected chi connectivity index (χ0v) is 18.3. The lowest BCUT2D eigenvalue weighted by Gasteiger charge is -2.38. The molecule has 0 saturated heterocycles. The van der Waals surface area contributed by atoms with Gasteiger partial charge in [0.05, 0.1) is 31.5 Å². The fraction of sp³-hybridized carbons (Fsp3) is 0.208. The van der Waals surface area contributed by atoms with Crippen molar-refractivity contribution in [1.82, 2.24) is 5.01 Å². The second-order valence-electron chi connectivity index (χ2n) is 7.24. The smallest absolute Gasteiger partial charge is 0.217 e. The first-order chi connectivity index (χ1) is 14.7. The molecule has 0 spiro atoms. The molecule has 0 saturated carbocycles. The monoisotopic (exact) mass is 464 g/mol. The van der Waals surface area contributed by atoms with Crippen molar-refractivity contribution in [2.24, 2.45) is 5.10 Å². The molecule has 0 bridgehead atoms. The van der Waals surface area contributed by atoms with Gasteiger partial charge in [0.1, 0.15) is 5.75 Å². The maximum Gasteiger partial charge on any atom is 0.217 e. The lowest BCUT2D eigenvalue weighted by molar-refractivity contribution is -0.0205. The highest BCUT2D eigenvalue weighted by Gasteiger charge is 2.42. The Hall–Kier alpha value is -2.99. The van der Waals surface area contributed by atoms with Crippen molar-refractivity contribution in [3.05, 3.63) is 87.9 Å². The summed E-state index contributed by atoms with van der Waals surface area (Å²) >= 11 is 3.51. The molecule has 3 aromatic rings. The average molecular weight is 465 g/mol. The van der Waals surface area contributed by atoms with Gasteiger partial charge in [0.25, 0.3) is 0 Å². The first kappa shape index (κ1) is 19.0. The Bertz CT molecular complexity index is 1110. The van der Waals surface area contributed by atoms with Crippen LogP contribution < -0.4 is 14.2 Å². The van der Waals surface area contributed by atoms with Gasteiger partial charge >= 0.3 is 0 Å². The highest BCUT2D eigenvalue weighted by Crippen LogP contribution is 2.49. The molecule has 0 aromatic heterocycles. The molecule has 6 heteroatoms. The van der Waals surface area contributed by atoms with E-state index >= 15 is 0 Å². The molecule has 5 nitrogen and oxygen atoms in total. The molecule has 2 atom stereocenters. The number of fused-ring (bicyclic) bond motifs is 3. The van der Waals surface area contributed by atoms with Gasteiger partial charge in [-0.15, -0.1) is 0 Å². The Morgan fingerprint density at radius 3 is 2.47 bits per heavy atom. The Labute approximate surface area is 184 Å². The second-order valence-corrected chi connectivity index (χ2v) is 8.16. The van der Waals surface area contributed by atoms with Gasteiger partial charge < -0.3 is 14.2 Å². The Morgan fingerprint density at radius 2 is 1.70 bits per heavy atom. The van der Waals surface area contributed by atoms with Crippen LogP contribution in [0.3, 0.4) is 0 Å². The van der Waals surface area contributed by atoms with Gasteiger partial charge in [0.2, 0.25) is 6.23 Å². The van der Waals surface area contributed by atoms with Crippen molar-refractivity contribution in [2.75, 3.05) is 14.2 Å². The minimum atomic E-state index is -0.414. The van der Waals surface area contributed by atoms with E-state index in [4.69, 9.17) is 19.3 Å². The highest BCUT2D eigenvalue weighted by atomic mass is 79.9. The molecule has 0 fully saturated rings. The van der Waals surface area contributed by atoms with Gasteiger partial charge in [0, 0.05) is 16.5 Å². The van der Waals surface area contributed by atoms with Crippen LogP contribution in [0.2, 0.25) is 0 Å². The van der Waals surface area contributed by atoms with E-state index in [9.17, 15) is 0 Å². The van der Waals surface area contributed by atoms with E-state index in [1.165, 1.54) is 0 Å². The van der Waals surface area contributed by atoms with Gasteiger partial charge in [-0.1, -0.05) is 52.3 Å². The van der Waals surface area contributed by atoms with Gasteiger partial charge in [-0.25, -0.2) is 5.01 Å². The summed E-state index contributed by atoms with van der Waals surface area (Å²) < 4.78 is 18.7. The number of rotatable bonds is 4. The number of hydrogen-bond acceptors (Lipinski definition) is 5. The quantitative estimate of drug-likeness (QED) is 0.495. The van der Waals surface area contributed by atoms with Gasteiger partial charge in [-0.05, 0) is 35.9 Å². The summed E-state index contributed by atoms with van der Waals surface area (Å²) in [6.45, 7) is 0. The number of hydrogen-bond donors (Lipinski definition) is 0. The van der Waals surface area contributed by atoms with Crippen LogP contribution in [0, 0.1) is 0 Å². The third-order valence-electron chi connectivity index (χ3n) is 5.58. The Kier molecular flexibility index (Phi) is 4.87. The number of halogens is 1. The van der Waals surface area contributed by atoms with Gasteiger partial charge in [-0.2, -0.15) is 5.10 Å². The standard InChI is InChI=1S/C24H21BrN2O3/c1-28-22-9-5-7-18(23(22)29-2)24-27-20(17-6-3-4-8-21(17)30-24)14-19(26-27)15-10-12-16(25)13-11-15/h3-13,20,24H,14H2,1-2H3/t20-,24-/m1/s1. The average Bonchev–Trinajstić information content (AvgIpc) is 3.24. The highest BCUT2D eigenvalue weighted by molar-refractivity contribution is 9.10. The molecule has 152 valence electrons. The summed E-state index contributed by atoms with van der Waals surface area (Å²) in [5, 5.41) is 7.06. The molecule has 2 heterocycles. The Balaban J connectivity index is 1.62. The molecule has 2 aliphatic rings. The van der Waals surface area contributed by atoms with Crippen molar-refractivity contribution in [1.29, 1.82) is 0 Å². The largest absolute Gasteiger partial charge is 0.493 e. The maximum atomic E-state index is 6.45. The van der Waals surface area contributed by atoms with Crippen LogP contribution in [0.4, 0.5) is 0 Å². The molecule has 3 aromatic carbocycles. The van der Waals surface area contributed by atoms with Crippen LogP contribution in [0.15, 0.2) is 76.3 Å². The summed E-state index contributed by atoms with van der Waals surface area (Å²) in [4.78, 5) is 0. The van der Waals surface area contributed by atoms with Crippen molar-refractivity contribution < 1.29 is 14.2 Å². The molecule has 0 radical (unpaired) electrons. The number of ether oxygens (including phenoxy) is 3. The van der Waals surface area contributed by atoms with E-state index in [1.807, 2.05) is 48.5 Å². The predicted molar refractivity (Wildman–Crippen MR) is 119 cm³/mol. The Morgan fingerprint density at radius 1 is 0.933 bits per heavy atom. The third kappa shape index (κ3) is 3.12. The summed E-state index contributed by atoms with van der Waals surface area (Å²) in [6, 6.07) is 22.4. The molecule has 5 rings (SSSR count). The molecular formula is C24H21BrN2O3. The lowest BCUT2D eigenvalue weighted by Crippen LogP contribution is -2.34. The molecule has 0 amide bonds. The zero-order valence-electron chi connectivity index (χ0n) is 16.7. The molecular weight excluding hydrogens is 444 g/mol. The molecule has 30 heavy (non-hydrogen) atoms. The molecule has 0 unspecified atom stereocenters. The number of para-hydroxylation sites is 2. The van der Waals surface area contributed by atoms with Crippen LogP contribution in [-0.2, 0) is 0 Å². The van der Waals surface area contributed by atoms with E-state index in [0.29, 0.717) is 11.5 Å². The second kappa shape index (κ2) is 7.69. The summed E-state index contributed by atoms with van der Waals surface area (Å²) in [6.07, 6.45) is 0.396. The van der Waals surface area contributed by atoms with Crippen LogP contribution in [0.25, 0.3) is 0 Å². The third-order valence-corrected chi connectivity index (χ3v) is 6.10. The summed E-state index contributed by atoms with van der Waals surface area (Å²) in [5.74, 6) is 2.21. The van der Waals surface area contributed by atoms with E-state index < -0.39 is 6.23 Å². The van der Waals surface area contributed by atoms with Crippen LogP contribution in [0.5, 0.6) is 17.2 Å². The van der Waals surface area contributed by atoms with Crippen LogP contribution >= 0.6 is 15.9 Å². The molecule has 2 aliphatic heterocycles. The predicted octanol–water partition coefficient (Wildman–Crippen LogP) is 5.71. The maximum absolute atomic E-state index is 6.45. The first-order valence-corrected chi connectivity index (χ1v) is 10.6. The van der Waals surface area contributed by atoms with E-state index in [2.05, 4.69) is 39.1 Å². The first-order valence-electron chi connectivity index (χ1n) is 9.78. The number of hydrazone groups is 1. The normalized spacial score (nSPS) is 19.4. The van der Waals surface area contributed by atoms with Crippen LogP contribution in [0.1, 0.15) is 35.4 Å². The van der Waals surface area contributed by atoms with Crippen molar-refractivity contribution >= 4 is 21.6 Å². The van der Waals surface area contributed by atoms with Crippen LogP contribution in [-0.4, -0.2) is 24.9 Å². The number of methoxy groups -OCH3 is 2.